The van der Waals surface area contributed by atoms with Gasteiger partial charge in [0, 0.05) is 10.9 Å². The summed E-state index contributed by atoms with van der Waals surface area (Å²) in [6, 6.07) is 0. The van der Waals surface area contributed by atoms with E-state index in [1.165, 1.54) is 0 Å². The minimum Gasteiger partial charge on any atom is -0.466 e. The molecule has 0 atom stereocenters. The van der Waals surface area contributed by atoms with Gasteiger partial charge in [0.05, 0.1) is 19.2 Å². The molecule has 0 aliphatic rings. The Morgan fingerprint density at radius 1 is 1.50 bits per heavy atom. The molecule has 1 rings (SSSR count). The molecule has 1 aromatic rings. The van der Waals surface area contributed by atoms with E-state index in [2.05, 4.69) is 25.7 Å². The third kappa shape index (κ3) is 3.44. The smallest absolute Gasteiger partial charge is 0.310 e. The number of ether oxygens (including phenoxy) is 1. The number of esters is 1. The number of alkyl halides is 3. The first-order chi connectivity index (χ1) is 8.51. The molecule has 100 valence electrons. The van der Waals surface area contributed by atoms with Crippen LogP contribution in [-0.4, -0.2) is 17.6 Å². The van der Waals surface area contributed by atoms with E-state index in [1.54, 1.807) is 6.92 Å². The quantitative estimate of drug-likeness (QED) is 0.616. The fourth-order valence-electron chi connectivity index (χ4n) is 1.47. The third-order valence-electron chi connectivity index (χ3n) is 2.25. The van der Waals surface area contributed by atoms with E-state index in [0.717, 1.165) is 0 Å². The molecular formula is C11H11BrF3NO2. The fraction of sp³-hybridized carbons (Fsp3) is 0.455. The fourth-order valence-corrected chi connectivity index (χ4v) is 2.09. The Morgan fingerprint density at radius 3 is 2.67 bits per heavy atom. The van der Waals surface area contributed by atoms with Crippen LogP contribution in [0.1, 0.15) is 30.2 Å². The Kier molecular flexibility index (Phi) is 5.58. The van der Waals surface area contributed by atoms with E-state index >= 15 is 0 Å². The summed E-state index contributed by atoms with van der Waals surface area (Å²) in [6.07, 6.45) is -2.51. The van der Waals surface area contributed by atoms with Gasteiger partial charge in [-0.1, -0.05) is 15.9 Å². The Morgan fingerprint density at radius 2 is 2.17 bits per heavy atom. The highest BCUT2D eigenvalue weighted by atomic mass is 79.9. The van der Waals surface area contributed by atoms with Gasteiger partial charge in [-0.2, -0.15) is 0 Å². The Labute approximate surface area is 110 Å². The zero-order valence-corrected chi connectivity index (χ0v) is 11.1. The van der Waals surface area contributed by atoms with Crippen molar-refractivity contribution < 1.29 is 22.7 Å². The number of halogens is 4. The van der Waals surface area contributed by atoms with Gasteiger partial charge in [-0.05, 0) is 12.5 Å². The van der Waals surface area contributed by atoms with Gasteiger partial charge >= 0.3 is 5.97 Å². The Balaban J connectivity index is 3.15. The van der Waals surface area contributed by atoms with Gasteiger partial charge in [-0.25, -0.2) is 13.2 Å². The monoisotopic (exact) mass is 325 g/mol. The van der Waals surface area contributed by atoms with Gasteiger partial charge in [0.15, 0.2) is 0 Å². The van der Waals surface area contributed by atoms with Crippen molar-refractivity contribution in [1.29, 1.82) is 0 Å². The first-order valence-corrected chi connectivity index (χ1v) is 6.29. The van der Waals surface area contributed by atoms with E-state index in [4.69, 9.17) is 0 Å². The van der Waals surface area contributed by atoms with Crippen molar-refractivity contribution >= 4 is 21.9 Å². The van der Waals surface area contributed by atoms with E-state index in [9.17, 15) is 18.0 Å². The van der Waals surface area contributed by atoms with Crippen molar-refractivity contribution in [3.8, 4) is 0 Å². The lowest BCUT2D eigenvalue weighted by Gasteiger charge is -2.12. The molecule has 3 nitrogen and oxygen atoms in total. The van der Waals surface area contributed by atoms with Gasteiger partial charge in [0.25, 0.3) is 6.43 Å². The van der Waals surface area contributed by atoms with E-state index < -0.39 is 23.9 Å². The lowest BCUT2D eigenvalue weighted by atomic mass is 10.0. The number of hydrogen-bond donors (Lipinski definition) is 0. The average molecular weight is 326 g/mol. The van der Waals surface area contributed by atoms with Crippen molar-refractivity contribution in [2.24, 2.45) is 0 Å². The molecule has 0 aromatic carbocycles. The number of carbonyl (C=O) groups excluding carboxylic acids is 1. The van der Waals surface area contributed by atoms with Crippen LogP contribution in [0.15, 0.2) is 6.20 Å². The van der Waals surface area contributed by atoms with Crippen LogP contribution in [0.2, 0.25) is 0 Å². The first-order valence-electron chi connectivity index (χ1n) is 5.17. The second kappa shape index (κ2) is 6.72. The molecule has 0 unspecified atom stereocenters. The van der Waals surface area contributed by atoms with Crippen molar-refractivity contribution in [1.82, 2.24) is 4.98 Å². The number of aromatic nitrogens is 1. The summed E-state index contributed by atoms with van der Waals surface area (Å²) in [7, 11) is 0. The zero-order valence-electron chi connectivity index (χ0n) is 9.55. The van der Waals surface area contributed by atoms with Crippen LogP contribution >= 0.6 is 15.9 Å². The van der Waals surface area contributed by atoms with Crippen LogP contribution in [-0.2, 0) is 21.3 Å². The van der Waals surface area contributed by atoms with Gasteiger partial charge in [-0.3, -0.25) is 9.78 Å². The molecule has 0 amide bonds. The average Bonchev–Trinajstić information content (AvgIpc) is 2.31. The summed E-state index contributed by atoms with van der Waals surface area (Å²) in [5, 5.41) is -0.00777. The maximum atomic E-state index is 13.5. The second-order valence-electron chi connectivity index (χ2n) is 3.36. The molecule has 1 heterocycles. The number of rotatable bonds is 5. The van der Waals surface area contributed by atoms with E-state index in [1.807, 2.05) is 0 Å². The molecule has 0 saturated heterocycles. The van der Waals surface area contributed by atoms with E-state index in [-0.39, 0.29) is 29.5 Å². The molecule has 0 aliphatic heterocycles. The molecule has 0 spiro atoms. The normalized spacial score (nSPS) is 10.8. The number of hydrogen-bond acceptors (Lipinski definition) is 3. The molecule has 0 bridgehead atoms. The lowest BCUT2D eigenvalue weighted by molar-refractivity contribution is -0.142. The largest absolute Gasteiger partial charge is 0.466 e. The van der Waals surface area contributed by atoms with Crippen molar-refractivity contribution in [2.75, 3.05) is 6.61 Å². The standard InChI is InChI=1S/C11H11BrF3NO2/c1-2-18-9(17)3-6-7(4-12)10(11(14)15)16-5-8(6)13/h5,11H,2-4H2,1H3. The SMILES string of the molecule is CCOC(=O)Cc1c(F)cnc(C(F)F)c1CBr. The number of nitrogens with zero attached hydrogens (tertiary/aromatic N) is 1. The highest BCUT2D eigenvalue weighted by Gasteiger charge is 2.22. The molecule has 0 fully saturated rings. The summed E-state index contributed by atoms with van der Waals surface area (Å²) >= 11 is 3.00. The van der Waals surface area contributed by atoms with Crippen molar-refractivity contribution in [3.63, 3.8) is 0 Å². The lowest BCUT2D eigenvalue weighted by Crippen LogP contribution is -2.13. The predicted octanol–water partition coefficient (Wildman–Crippen LogP) is 3.16. The molecule has 1 aromatic heterocycles. The minimum absolute atomic E-state index is 0.00180. The van der Waals surface area contributed by atoms with Crippen LogP contribution in [0.5, 0.6) is 0 Å². The summed E-state index contributed by atoms with van der Waals surface area (Å²) in [6.45, 7) is 1.76. The molecular weight excluding hydrogens is 315 g/mol. The van der Waals surface area contributed by atoms with Crippen LogP contribution in [0.4, 0.5) is 13.2 Å². The summed E-state index contributed by atoms with van der Waals surface area (Å²) in [5.41, 5.74) is -0.624. The third-order valence-corrected chi connectivity index (χ3v) is 2.81. The Bertz CT molecular complexity index is 441. The molecule has 0 N–H and O–H groups in total. The zero-order chi connectivity index (χ0) is 13.7. The van der Waals surface area contributed by atoms with Gasteiger partial charge in [0.2, 0.25) is 0 Å². The number of pyridine rings is 1. The summed E-state index contributed by atoms with van der Waals surface area (Å²) < 4.78 is 43.6. The summed E-state index contributed by atoms with van der Waals surface area (Å²) in [4.78, 5) is 14.7. The highest BCUT2D eigenvalue weighted by molar-refractivity contribution is 9.08. The molecule has 0 radical (unpaired) electrons. The van der Waals surface area contributed by atoms with Crippen LogP contribution in [0.25, 0.3) is 0 Å². The molecule has 0 aliphatic carbocycles. The first kappa shape index (κ1) is 14.9. The van der Waals surface area contributed by atoms with Crippen molar-refractivity contribution in [2.45, 2.75) is 25.1 Å². The van der Waals surface area contributed by atoms with Gasteiger partial charge < -0.3 is 4.74 Å². The Hall–Kier alpha value is -1.11. The van der Waals surface area contributed by atoms with Crippen LogP contribution in [0.3, 0.4) is 0 Å². The minimum atomic E-state index is -2.82. The summed E-state index contributed by atoms with van der Waals surface area (Å²) in [5.74, 6) is -1.45. The highest BCUT2D eigenvalue weighted by Crippen LogP contribution is 2.27. The maximum Gasteiger partial charge on any atom is 0.310 e. The predicted molar refractivity (Wildman–Crippen MR) is 62.1 cm³/mol. The molecule has 18 heavy (non-hydrogen) atoms. The van der Waals surface area contributed by atoms with Crippen molar-refractivity contribution in [3.05, 3.63) is 28.8 Å². The molecule has 7 heteroatoms. The van der Waals surface area contributed by atoms with Gasteiger partial charge in [0.1, 0.15) is 11.5 Å². The maximum absolute atomic E-state index is 13.5. The van der Waals surface area contributed by atoms with Crippen LogP contribution < -0.4 is 0 Å². The van der Waals surface area contributed by atoms with Gasteiger partial charge in [-0.15, -0.1) is 0 Å². The molecule has 0 saturated carbocycles. The number of carbonyl (C=O) groups is 1. The second-order valence-corrected chi connectivity index (χ2v) is 3.93. The van der Waals surface area contributed by atoms with E-state index in [0.29, 0.717) is 6.20 Å². The topological polar surface area (TPSA) is 39.2 Å². The van der Waals surface area contributed by atoms with Crippen LogP contribution in [0, 0.1) is 5.82 Å².